The molecule has 3 N–H and O–H groups in total. The smallest absolute Gasteiger partial charge is 0.255 e. The van der Waals surface area contributed by atoms with Crippen molar-refractivity contribution in [2.75, 3.05) is 29.1 Å². The first kappa shape index (κ1) is 22.9. The summed E-state index contributed by atoms with van der Waals surface area (Å²) in [6, 6.07) is 22.0. The summed E-state index contributed by atoms with van der Waals surface area (Å²) in [4.78, 5) is 24.6. The zero-order valence-corrected chi connectivity index (χ0v) is 18.5. The summed E-state index contributed by atoms with van der Waals surface area (Å²) in [5.74, 6) is 0.446. The maximum absolute atomic E-state index is 12.3. The molecule has 2 amide bonds. The molecule has 0 aromatic heterocycles. The molecule has 3 aromatic carbocycles. The van der Waals surface area contributed by atoms with E-state index in [1.165, 1.54) is 0 Å². The fourth-order valence-corrected chi connectivity index (χ4v) is 3.04. The van der Waals surface area contributed by atoms with Gasteiger partial charge in [-0.15, -0.1) is 0 Å². The average molecular weight is 432 g/mol. The Balaban J connectivity index is 1.47. The van der Waals surface area contributed by atoms with E-state index in [1.54, 1.807) is 30.3 Å². The van der Waals surface area contributed by atoms with Crippen LogP contribution in [-0.2, 0) is 4.79 Å². The second-order valence-electron chi connectivity index (χ2n) is 7.53. The van der Waals surface area contributed by atoms with Crippen molar-refractivity contribution in [2.24, 2.45) is 0 Å². The molecule has 166 valence electrons. The molecule has 32 heavy (non-hydrogen) atoms. The van der Waals surface area contributed by atoms with E-state index in [9.17, 15) is 9.59 Å². The predicted molar refractivity (Wildman–Crippen MR) is 130 cm³/mol. The van der Waals surface area contributed by atoms with Crippen LogP contribution < -0.4 is 20.7 Å². The largest absolute Gasteiger partial charge is 0.494 e. The van der Waals surface area contributed by atoms with Crippen LogP contribution in [0.2, 0.25) is 0 Å². The fourth-order valence-electron chi connectivity index (χ4n) is 3.04. The molecule has 3 aromatic rings. The molecule has 6 nitrogen and oxygen atoms in total. The lowest BCUT2D eigenvalue weighted by Crippen LogP contribution is -2.21. The van der Waals surface area contributed by atoms with Gasteiger partial charge in [0, 0.05) is 28.7 Å². The molecular formula is C26H29N3O3. The molecule has 0 fully saturated rings. The van der Waals surface area contributed by atoms with E-state index >= 15 is 0 Å². The third kappa shape index (κ3) is 7.16. The van der Waals surface area contributed by atoms with Gasteiger partial charge in [0.25, 0.3) is 5.91 Å². The lowest BCUT2D eigenvalue weighted by Gasteiger charge is -2.11. The second kappa shape index (κ2) is 11.6. The molecule has 0 heterocycles. The van der Waals surface area contributed by atoms with Crippen LogP contribution in [0.4, 0.5) is 17.1 Å². The normalized spacial score (nSPS) is 10.3. The predicted octanol–water partition coefficient (Wildman–Crippen LogP) is 5.48. The number of carbonyl (C=O) groups excluding carboxylic acids is 2. The van der Waals surface area contributed by atoms with Crippen molar-refractivity contribution in [1.29, 1.82) is 0 Å². The lowest BCUT2D eigenvalue weighted by molar-refractivity contribution is -0.114. The second-order valence-corrected chi connectivity index (χ2v) is 7.53. The number of nitrogens with one attached hydrogen (secondary N) is 3. The molecule has 0 atom stereocenters. The Hall–Kier alpha value is -3.80. The number of benzene rings is 3. The van der Waals surface area contributed by atoms with E-state index in [0.29, 0.717) is 23.5 Å². The monoisotopic (exact) mass is 431 g/mol. The molecule has 3 rings (SSSR count). The summed E-state index contributed by atoms with van der Waals surface area (Å²) < 4.78 is 5.69. The molecule has 0 saturated carbocycles. The van der Waals surface area contributed by atoms with Crippen molar-refractivity contribution < 1.29 is 14.3 Å². The van der Waals surface area contributed by atoms with E-state index in [-0.39, 0.29) is 18.4 Å². The molecule has 0 aliphatic rings. The van der Waals surface area contributed by atoms with Crippen LogP contribution in [0.5, 0.6) is 5.75 Å². The quantitative estimate of drug-likeness (QED) is 0.372. The molecule has 0 unspecified atom stereocenters. The molecule has 6 heteroatoms. The third-order valence-electron chi connectivity index (χ3n) is 4.76. The zero-order valence-electron chi connectivity index (χ0n) is 18.5. The highest BCUT2D eigenvalue weighted by Gasteiger charge is 2.07. The third-order valence-corrected chi connectivity index (χ3v) is 4.76. The molecular weight excluding hydrogens is 402 g/mol. The first-order valence-electron chi connectivity index (χ1n) is 10.8. The van der Waals surface area contributed by atoms with E-state index in [4.69, 9.17) is 4.74 Å². The topological polar surface area (TPSA) is 79.5 Å². The van der Waals surface area contributed by atoms with Crippen LogP contribution in [0, 0.1) is 6.92 Å². The minimum Gasteiger partial charge on any atom is -0.494 e. The molecule has 0 bridgehead atoms. The summed E-state index contributed by atoms with van der Waals surface area (Å²) in [5.41, 5.74) is 3.77. The van der Waals surface area contributed by atoms with Crippen LogP contribution in [0.25, 0.3) is 0 Å². The van der Waals surface area contributed by atoms with Crippen LogP contribution in [0.15, 0.2) is 72.8 Å². The van der Waals surface area contributed by atoms with Gasteiger partial charge in [-0.1, -0.05) is 37.1 Å². The average Bonchev–Trinajstić information content (AvgIpc) is 2.79. The summed E-state index contributed by atoms with van der Waals surface area (Å²) >= 11 is 0. The van der Waals surface area contributed by atoms with Gasteiger partial charge in [0.2, 0.25) is 5.91 Å². The van der Waals surface area contributed by atoms with Crippen molar-refractivity contribution >= 4 is 28.9 Å². The van der Waals surface area contributed by atoms with E-state index in [1.807, 2.05) is 49.4 Å². The van der Waals surface area contributed by atoms with Crippen LogP contribution >= 0.6 is 0 Å². The van der Waals surface area contributed by atoms with Gasteiger partial charge in [0.1, 0.15) is 5.75 Å². The van der Waals surface area contributed by atoms with Crippen molar-refractivity contribution in [1.82, 2.24) is 0 Å². The molecule has 0 aliphatic heterocycles. The van der Waals surface area contributed by atoms with Crippen LogP contribution in [0.3, 0.4) is 0 Å². The maximum atomic E-state index is 12.3. The van der Waals surface area contributed by atoms with Crippen molar-refractivity contribution in [2.45, 2.75) is 26.7 Å². The standard InChI is InChI=1S/C26H29N3O3/c1-3-4-15-32-24-10-6-9-23(17-24)27-18-25(30)28-21-11-13-22(14-12-21)29-26(31)20-8-5-7-19(2)16-20/h5-14,16-17,27H,3-4,15,18H2,1-2H3,(H,28,30)(H,29,31). The van der Waals surface area contributed by atoms with Gasteiger partial charge in [-0.25, -0.2) is 0 Å². The molecule has 0 spiro atoms. The van der Waals surface area contributed by atoms with Gasteiger partial charge in [-0.05, 0) is 61.9 Å². The molecule has 0 saturated heterocycles. The van der Waals surface area contributed by atoms with E-state index in [2.05, 4.69) is 22.9 Å². The van der Waals surface area contributed by atoms with Gasteiger partial charge in [-0.3, -0.25) is 9.59 Å². The Morgan fingerprint density at radius 1 is 0.844 bits per heavy atom. The summed E-state index contributed by atoms with van der Waals surface area (Å²) in [6.07, 6.45) is 2.09. The first-order chi connectivity index (χ1) is 15.5. The molecule has 0 aliphatic carbocycles. The summed E-state index contributed by atoms with van der Waals surface area (Å²) in [6.45, 7) is 4.88. The highest BCUT2D eigenvalue weighted by Crippen LogP contribution is 2.18. The number of rotatable bonds is 10. The SMILES string of the molecule is CCCCOc1cccc(NCC(=O)Nc2ccc(NC(=O)c3cccc(C)c3)cc2)c1. The number of amides is 2. The van der Waals surface area contributed by atoms with Crippen LogP contribution in [0.1, 0.15) is 35.7 Å². The zero-order chi connectivity index (χ0) is 22.8. The summed E-state index contributed by atoms with van der Waals surface area (Å²) in [7, 11) is 0. The van der Waals surface area contributed by atoms with Gasteiger partial charge >= 0.3 is 0 Å². The number of ether oxygens (including phenoxy) is 1. The highest BCUT2D eigenvalue weighted by molar-refractivity contribution is 6.04. The first-order valence-corrected chi connectivity index (χ1v) is 10.8. The number of carbonyl (C=O) groups is 2. The number of aryl methyl sites for hydroxylation is 1. The van der Waals surface area contributed by atoms with Gasteiger partial charge in [0.15, 0.2) is 0 Å². The van der Waals surface area contributed by atoms with Crippen LogP contribution in [-0.4, -0.2) is 25.0 Å². The number of hydrogen-bond acceptors (Lipinski definition) is 4. The maximum Gasteiger partial charge on any atom is 0.255 e. The fraction of sp³-hybridized carbons (Fsp3) is 0.231. The Kier molecular flexibility index (Phi) is 8.26. The Labute approximate surface area is 189 Å². The Bertz CT molecular complexity index is 1050. The van der Waals surface area contributed by atoms with Crippen molar-refractivity contribution in [3.05, 3.63) is 83.9 Å². The Morgan fingerprint density at radius 3 is 2.28 bits per heavy atom. The van der Waals surface area contributed by atoms with E-state index in [0.717, 1.165) is 29.8 Å². The van der Waals surface area contributed by atoms with Gasteiger partial charge < -0.3 is 20.7 Å². The highest BCUT2D eigenvalue weighted by atomic mass is 16.5. The minimum absolute atomic E-state index is 0.129. The van der Waals surface area contributed by atoms with Gasteiger partial charge in [0.05, 0.1) is 13.2 Å². The Morgan fingerprint density at radius 2 is 1.56 bits per heavy atom. The summed E-state index contributed by atoms with van der Waals surface area (Å²) in [5, 5.41) is 8.81. The number of anilines is 3. The van der Waals surface area contributed by atoms with Crippen molar-refractivity contribution in [3.63, 3.8) is 0 Å². The van der Waals surface area contributed by atoms with E-state index < -0.39 is 0 Å². The number of unbranched alkanes of at least 4 members (excludes halogenated alkanes) is 1. The number of hydrogen-bond donors (Lipinski definition) is 3. The lowest BCUT2D eigenvalue weighted by atomic mass is 10.1. The molecule has 0 radical (unpaired) electrons. The van der Waals surface area contributed by atoms with Crippen molar-refractivity contribution in [3.8, 4) is 5.75 Å². The van der Waals surface area contributed by atoms with Gasteiger partial charge in [-0.2, -0.15) is 0 Å². The minimum atomic E-state index is -0.171.